The van der Waals surface area contributed by atoms with Crippen LogP contribution >= 0.6 is 23.2 Å². The topological polar surface area (TPSA) is 68.3 Å². The number of piperazine rings is 1. The van der Waals surface area contributed by atoms with Crippen molar-refractivity contribution in [2.24, 2.45) is 0 Å². The maximum atomic E-state index is 12.1. The molecule has 0 unspecified atom stereocenters. The zero-order chi connectivity index (χ0) is 21.2. The molecule has 9 heteroatoms. The number of carbonyl (C=O) groups excluding carboxylic acids is 1. The Labute approximate surface area is 182 Å². The number of nitrogens with one attached hydrogen (secondary N) is 1. The van der Waals surface area contributed by atoms with Crippen LogP contribution in [0.2, 0.25) is 10.0 Å². The van der Waals surface area contributed by atoms with Crippen molar-refractivity contribution >= 4 is 35.0 Å². The Morgan fingerprint density at radius 2 is 1.79 bits per heavy atom. The highest BCUT2D eigenvalue weighted by atomic mass is 35.5. The van der Waals surface area contributed by atoms with Crippen LogP contribution in [0.3, 0.4) is 0 Å². The van der Waals surface area contributed by atoms with Gasteiger partial charge >= 0.3 is 6.09 Å². The van der Waals surface area contributed by atoms with Crippen LogP contribution in [-0.2, 0) is 4.74 Å². The van der Waals surface area contributed by atoms with Gasteiger partial charge in [-0.3, -0.25) is 9.80 Å². The first-order valence-corrected chi connectivity index (χ1v) is 10.7. The van der Waals surface area contributed by atoms with Gasteiger partial charge in [0.1, 0.15) is 11.4 Å². The van der Waals surface area contributed by atoms with Crippen molar-refractivity contribution < 1.29 is 14.6 Å². The monoisotopic (exact) mass is 444 g/mol. The number of rotatable bonds is 5. The molecule has 0 saturated carbocycles. The van der Waals surface area contributed by atoms with Crippen LogP contribution in [0.1, 0.15) is 20.8 Å². The fraction of sp³-hybridized carbons (Fsp3) is 0.650. The molecule has 0 spiro atoms. The lowest BCUT2D eigenvalue weighted by Crippen LogP contribution is -2.64. The van der Waals surface area contributed by atoms with Crippen molar-refractivity contribution in [3.8, 4) is 5.75 Å². The van der Waals surface area contributed by atoms with E-state index in [9.17, 15) is 9.90 Å². The summed E-state index contributed by atoms with van der Waals surface area (Å²) in [4.78, 5) is 18.7. The first-order chi connectivity index (χ1) is 13.6. The smallest absolute Gasteiger partial charge is 0.410 e. The van der Waals surface area contributed by atoms with E-state index in [2.05, 4.69) is 15.1 Å². The molecular formula is C20H30Cl2N4O3. The third-order valence-electron chi connectivity index (χ3n) is 5.22. The number of hydrogen-bond donors (Lipinski definition) is 2. The van der Waals surface area contributed by atoms with Gasteiger partial charge in [0.15, 0.2) is 0 Å². The Hall–Kier alpha value is -1.41. The highest BCUT2D eigenvalue weighted by molar-refractivity contribution is 6.42. The van der Waals surface area contributed by atoms with Crippen molar-refractivity contribution in [3.05, 3.63) is 22.2 Å². The molecule has 0 radical (unpaired) electrons. The maximum Gasteiger partial charge on any atom is 0.410 e. The van der Waals surface area contributed by atoms with Crippen molar-refractivity contribution in [1.82, 2.24) is 14.7 Å². The number of benzene rings is 1. The molecule has 1 aromatic carbocycles. The number of amides is 1. The van der Waals surface area contributed by atoms with Gasteiger partial charge in [0.05, 0.1) is 15.7 Å². The molecule has 0 aliphatic carbocycles. The van der Waals surface area contributed by atoms with Gasteiger partial charge in [0, 0.05) is 64.5 Å². The molecule has 2 N–H and O–H groups in total. The van der Waals surface area contributed by atoms with Gasteiger partial charge in [-0.25, -0.2) is 4.79 Å². The molecule has 7 nitrogen and oxygen atoms in total. The molecule has 2 fully saturated rings. The van der Waals surface area contributed by atoms with E-state index in [1.807, 2.05) is 20.8 Å². The third kappa shape index (κ3) is 6.04. The number of aromatic hydroxyl groups is 1. The zero-order valence-electron chi connectivity index (χ0n) is 17.3. The molecule has 1 amide bonds. The van der Waals surface area contributed by atoms with Crippen LogP contribution in [0, 0.1) is 0 Å². The second-order valence-electron chi connectivity index (χ2n) is 8.63. The summed E-state index contributed by atoms with van der Waals surface area (Å²) in [6.45, 7) is 12.7. The lowest BCUT2D eigenvalue weighted by molar-refractivity contribution is -0.0244. The lowest BCUT2D eigenvalue weighted by Gasteiger charge is -2.48. The SMILES string of the molecule is CC(C)(C)OC(=O)N1CC(N2CCN(CCNc3cc(Cl)c(Cl)cc3O)CC2)C1. The fourth-order valence-corrected chi connectivity index (χ4v) is 3.86. The summed E-state index contributed by atoms with van der Waals surface area (Å²) in [5.41, 5.74) is 0.144. The van der Waals surface area contributed by atoms with Crippen LogP contribution in [-0.4, -0.2) is 89.9 Å². The summed E-state index contributed by atoms with van der Waals surface area (Å²) >= 11 is 11.9. The van der Waals surface area contributed by atoms with E-state index < -0.39 is 5.60 Å². The molecule has 2 heterocycles. The highest BCUT2D eigenvalue weighted by Gasteiger charge is 2.37. The number of phenols is 1. The summed E-state index contributed by atoms with van der Waals surface area (Å²) in [5, 5.41) is 13.9. The van der Waals surface area contributed by atoms with Gasteiger partial charge in [0.25, 0.3) is 0 Å². The first-order valence-electron chi connectivity index (χ1n) is 9.98. The second-order valence-corrected chi connectivity index (χ2v) is 9.44. The van der Waals surface area contributed by atoms with Crippen molar-refractivity contribution in [2.45, 2.75) is 32.4 Å². The fourth-order valence-electron chi connectivity index (χ4n) is 3.54. The minimum Gasteiger partial charge on any atom is -0.506 e. The predicted molar refractivity (Wildman–Crippen MR) is 116 cm³/mol. The van der Waals surface area contributed by atoms with E-state index >= 15 is 0 Å². The molecule has 0 aromatic heterocycles. The Balaban J connectivity index is 1.34. The molecule has 1 aromatic rings. The van der Waals surface area contributed by atoms with Gasteiger partial charge in [-0.05, 0) is 26.8 Å². The summed E-state index contributed by atoms with van der Waals surface area (Å²) in [5.74, 6) is 0.101. The van der Waals surface area contributed by atoms with Crippen molar-refractivity contribution in [2.75, 3.05) is 57.7 Å². The number of nitrogens with zero attached hydrogens (tertiary/aromatic N) is 3. The Bertz CT molecular complexity index is 727. The van der Waals surface area contributed by atoms with E-state index in [0.29, 0.717) is 28.3 Å². The maximum absolute atomic E-state index is 12.1. The van der Waals surface area contributed by atoms with Crippen LogP contribution in [0.25, 0.3) is 0 Å². The van der Waals surface area contributed by atoms with Gasteiger partial charge < -0.3 is 20.1 Å². The summed E-state index contributed by atoms with van der Waals surface area (Å²) in [6, 6.07) is 3.52. The lowest BCUT2D eigenvalue weighted by atomic mass is 10.1. The molecule has 2 aliphatic heterocycles. The average molecular weight is 445 g/mol. The molecule has 2 saturated heterocycles. The Morgan fingerprint density at radius 1 is 1.17 bits per heavy atom. The van der Waals surface area contributed by atoms with Crippen LogP contribution in [0.15, 0.2) is 12.1 Å². The third-order valence-corrected chi connectivity index (χ3v) is 5.94. The van der Waals surface area contributed by atoms with E-state index in [-0.39, 0.29) is 11.8 Å². The highest BCUT2D eigenvalue weighted by Crippen LogP contribution is 2.33. The minimum absolute atomic E-state index is 0.101. The average Bonchev–Trinajstić information content (AvgIpc) is 2.58. The number of likely N-dealkylation sites (tertiary alicyclic amines) is 1. The standard InChI is InChI=1S/C20H30Cl2N4O3/c1-20(2,3)29-19(28)26-12-14(13-26)25-8-6-24(7-9-25)5-4-23-17-10-15(21)16(22)11-18(17)27/h10-11,14,23,27H,4-9,12-13H2,1-3H3. The van der Waals surface area contributed by atoms with Crippen LogP contribution in [0.5, 0.6) is 5.75 Å². The second kappa shape index (κ2) is 9.16. The Kier molecular flexibility index (Phi) is 7.04. The number of carbonyl (C=O) groups is 1. The number of halogens is 2. The van der Waals surface area contributed by atoms with Crippen molar-refractivity contribution in [3.63, 3.8) is 0 Å². The van der Waals surface area contributed by atoms with E-state index in [1.54, 1.807) is 11.0 Å². The molecule has 29 heavy (non-hydrogen) atoms. The van der Waals surface area contributed by atoms with E-state index in [1.165, 1.54) is 6.07 Å². The number of ether oxygens (including phenoxy) is 1. The molecule has 162 valence electrons. The first kappa shape index (κ1) is 22.3. The minimum atomic E-state index is -0.448. The molecular weight excluding hydrogens is 415 g/mol. The normalized spacial score (nSPS) is 19.1. The number of anilines is 1. The summed E-state index contributed by atoms with van der Waals surface area (Å²) < 4.78 is 5.42. The van der Waals surface area contributed by atoms with Gasteiger partial charge in [0.2, 0.25) is 0 Å². The van der Waals surface area contributed by atoms with Gasteiger partial charge in [-0.2, -0.15) is 0 Å². The van der Waals surface area contributed by atoms with E-state index in [4.69, 9.17) is 27.9 Å². The molecule has 2 aliphatic rings. The summed E-state index contributed by atoms with van der Waals surface area (Å²) in [7, 11) is 0. The van der Waals surface area contributed by atoms with Gasteiger partial charge in [-0.1, -0.05) is 23.2 Å². The number of phenolic OH excluding ortho intramolecular Hbond substituents is 1. The molecule has 0 atom stereocenters. The van der Waals surface area contributed by atoms with Crippen LogP contribution in [0.4, 0.5) is 10.5 Å². The molecule has 0 bridgehead atoms. The van der Waals surface area contributed by atoms with Crippen LogP contribution < -0.4 is 5.32 Å². The Morgan fingerprint density at radius 3 is 2.41 bits per heavy atom. The molecule has 3 rings (SSSR count). The summed E-state index contributed by atoms with van der Waals surface area (Å²) in [6.07, 6.45) is -0.219. The predicted octanol–water partition coefficient (Wildman–Crippen LogP) is 3.35. The largest absolute Gasteiger partial charge is 0.506 e. The quantitative estimate of drug-likeness (QED) is 0.678. The zero-order valence-corrected chi connectivity index (χ0v) is 18.8. The van der Waals surface area contributed by atoms with E-state index in [0.717, 1.165) is 45.8 Å². The number of hydrogen-bond acceptors (Lipinski definition) is 6. The van der Waals surface area contributed by atoms with Gasteiger partial charge in [-0.15, -0.1) is 0 Å². The van der Waals surface area contributed by atoms with Crippen molar-refractivity contribution in [1.29, 1.82) is 0 Å².